The smallest absolute Gasteiger partial charge is 0.164 e. The number of hydrogen-bond acceptors (Lipinski definition) is 8. The van der Waals surface area contributed by atoms with Gasteiger partial charge in [-0.2, -0.15) is 5.26 Å². The molecule has 0 amide bonds. The Morgan fingerprint density at radius 1 is 1.09 bits per heavy atom. The third-order valence-electron chi connectivity index (χ3n) is 5.61. The third kappa shape index (κ3) is 3.78. The first-order valence-corrected chi connectivity index (χ1v) is 10.4. The van der Waals surface area contributed by atoms with Crippen LogP contribution in [-0.4, -0.2) is 56.0 Å². The normalized spacial score (nSPS) is 25.4. The summed E-state index contributed by atoms with van der Waals surface area (Å²) in [6.07, 6.45) is -5.56. The van der Waals surface area contributed by atoms with Gasteiger partial charge in [0.15, 0.2) is 6.23 Å². The van der Waals surface area contributed by atoms with E-state index in [4.69, 9.17) is 21.4 Å². The van der Waals surface area contributed by atoms with E-state index in [1.54, 1.807) is 18.2 Å². The number of aliphatic hydroxyl groups is 4. The van der Waals surface area contributed by atoms with Crippen LogP contribution < -0.4 is 0 Å². The number of furan rings is 1. The van der Waals surface area contributed by atoms with Crippen LogP contribution in [0.15, 0.2) is 53.1 Å². The summed E-state index contributed by atoms with van der Waals surface area (Å²) in [6, 6.07) is 14.7. The first-order valence-electron chi connectivity index (χ1n) is 9.98. The average Bonchev–Trinajstić information content (AvgIpc) is 3.33. The highest BCUT2D eigenvalue weighted by Gasteiger charge is 2.45. The molecule has 0 saturated carbocycles. The van der Waals surface area contributed by atoms with Crippen molar-refractivity contribution < 1.29 is 29.6 Å². The molecule has 4 rings (SSSR count). The highest BCUT2D eigenvalue weighted by atomic mass is 32.1. The zero-order valence-electron chi connectivity index (χ0n) is 17.1. The van der Waals surface area contributed by atoms with Crippen molar-refractivity contribution in [2.45, 2.75) is 37.6 Å². The van der Waals surface area contributed by atoms with Gasteiger partial charge in [-0.1, -0.05) is 42.0 Å². The molecule has 1 aliphatic heterocycles. The number of aromatic nitrogens is 1. The lowest BCUT2D eigenvalue weighted by Crippen LogP contribution is -2.56. The summed E-state index contributed by atoms with van der Waals surface area (Å²) in [4.78, 5) is 0. The third-order valence-corrected chi connectivity index (χ3v) is 6.01. The zero-order chi connectivity index (χ0) is 23.0. The quantitative estimate of drug-likeness (QED) is 0.442. The minimum atomic E-state index is -1.59. The Labute approximate surface area is 189 Å². The van der Waals surface area contributed by atoms with Gasteiger partial charge < -0.3 is 34.1 Å². The molecule has 1 saturated heterocycles. The molecule has 1 aromatic carbocycles. The molecule has 9 heteroatoms. The van der Waals surface area contributed by atoms with Crippen molar-refractivity contribution in [1.82, 2.24) is 4.57 Å². The second-order valence-electron chi connectivity index (χ2n) is 7.67. The minimum absolute atomic E-state index is 0.0568. The Kier molecular flexibility index (Phi) is 6.26. The largest absolute Gasteiger partial charge is 0.464 e. The Hall–Kier alpha value is -2.84. The van der Waals surface area contributed by atoms with Gasteiger partial charge in [0, 0.05) is 5.56 Å². The summed E-state index contributed by atoms with van der Waals surface area (Å²) in [5.41, 5.74) is 2.86. The number of nitriles is 1. The van der Waals surface area contributed by atoms with Crippen LogP contribution in [-0.2, 0) is 4.74 Å². The Bertz CT molecular complexity index is 1200. The second-order valence-corrected chi connectivity index (χ2v) is 8.05. The summed E-state index contributed by atoms with van der Waals surface area (Å²) in [5.74, 6) is 0.446. The number of ether oxygens (including phenoxy) is 1. The van der Waals surface area contributed by atoms with E-state index in [9.17, 15) is 25.7 Å². The molecule has 0 aliphatic carbocycles. The van der Waals surface area contributed by atoms with Crippen LogP contribution in [0.4, 0.5) is 0 Å². The molecule has 0 bridgehead atoms. The fourth-order valence-electron chi connectivity index (χ4n) is 3.85. The molecular weight excluding hydrogens is 432 g/mol. The first-order chi connectivity index (χ1) is 15.4. The summed E-state index contributed by atoms with van der Waals surface area (Å²) in [6.45, 7) is 1.37. The first kappa shape index (κ1) is 22.4. The predicted octanol–water partition coefficient (Wildman–Crippen LogP) is 2.30. The highest BCUT2D eigenvalue weighted by Crippen LogP contribution is 2.37. The van der Waals surface area contributed by atoms with E-state index >= 15 is 0 Å². The molecule has 1 aliphatic rings. The van der Waals surface area contributed by atoms with Crippen molar-refractivity contribution in [3.63, 3.8) is 0 Å². The molecule has 3 aromatic rings. The minimum Gasteiger partial charge on any atom is -0.464 e. The van der Waals surface area contributed by atoms with Crippen LogP contribution in [0, 0.1) is 22.9 Å². The molecule has 3 heterocycles. The second kappa shape index (κ2) is 8.96. The molecule has 4 N–H and O–H groups in total. The fourth-order valence-corrected chi connectivity index (χ4v) is 4.21. The van der Waals surface area contributed by atoms with E-state index in [0.29, 0.717) is 17.0 Å². The van der Waals surface area contributed by atoms with Crippen molar-refractivity contribution in [2.24, 2.45) is 0 Å². The number of benzene rings is 1. The number of aliphatic hydroxyl groups excluding tert-OH is 4. The number of rotatable bonds is 4. The highest BCUT2D eigenvalue weighted by molar-refractivity contribution is 7.71. The van der Waals surface area contributed by atoms with E-state index in [-0.39, 0.29) is 10.2 Å². The van der Waals surface area contributed by atoms with Gasteiger partial charge in [-0.15, -0.1) is 0 Å². The van der Waals surface area contributed by atoms with Gasteiger partial charge in [0.05, 0.1) is 24.1 Å². The predicted molar refractivity (Wildman–Crippen MR) is 117 cm³/mol. The lowest BCUT2D eigenvalue weighted by Gasteiger charge is -2.41. The molecule has 0 unspecified atom stereocenters. The number of aryl methyl sites for hydroxylation is 1. The monoisotopic (exact) mass is 454 g/mol. The van der Waals surface area contributed by atoms with Gasteiger partial charge >= 0.3 is 0 Å². The van der Waals surface area contributed by atoms with Crippen molar-refractivity contribution in [3.05, 3.63) is 64.5 Å². The number of pyridine rings is 1. The van der Waals surface area contributed by atoms with Crippen LogP contribution in [0.2, 0.25) is 0 Å². The molecule has 1 fully saturated rings. The maximum Gasteiger partial charge on any atom is 0.164 e. The van der Waals surface area contributed by atoms with Crippen molar-refractivity contribution in [1.29, 1.82) is 5.26 Å². The van der Waals surface area contributed by atoms with Crippen molar-refractivity contribution >= 4 is 12.2 Å². The molecule has 2 aromatic heterocycles. The van der Waals surface area contributed by atoms with Gasteiger partial charge in [0.2, 0.25) is 0 Å². The Morgan fingerprint density at radius 3 is 2.41 bits per heavy atom. The molecule has 5 atom stereocenters. The lowest BCUT2D eigenvalue weighted by molar-refractivity contribution is -0.251. The molecule has 0 radical (unpaired) electrons. The van der Waals surface area contributed by atoms with Crippen LogP contribution in [0.3, 0.4) is 0 Å². The van der Waals surface area contributed by atoms with Crippen LogP contribution in [0.1, 0.15) is 17.4 Å². The topological polar surface area (TPSA) is 132 Å². The maximum absolute atomic E-state index is 10.7. The molecule has 166 valence electrons. The van der Waals surface area contributed by atoms with Crippen LogP contribution >= 0.6 is 12.2 Å². The fraction of sp³-hybridized carbons (Fsp3) is 0.304. The van der Waals surface area contributed by atoms with E-state index in [1.165, 1.54) is 10.8 Å². The summed E-state index contributed by atoms with van der Waals surface area (Å²) in [5, 5.41) is 50.7. The zero-order valence-corrected chi connectivity index (χ0v) is 17.9. The Balaban J connectivity index is 2.00. The molecular formula is C23H22N2O6S. The van der Waals surface area contributed by atoms with Crippen LogP contribution in [0.25, 0.3) is 22.6 Å². The maximum atomic E-state index is 10.7. The Morgan fingerprint density at radius 2 is 1.81 bits per heavy atom. The average molecular weight is 455 g/mol. The van der Waals surface area contributed by atoms with E-state index < -0.39 is 37.3 Å². The van der Waals surface area contributed by atoms with E-state index in [2.05, 4.69) is 6.07 Å². The van der Waals surface area contributed by atoms with Gasteiger partial charge in [0.25, 0.3) is 0 Å². The van der Waals surface area contributed by atoms with E-state index in [0.717, 1.165) is 11.1 Å². The van der Waals surface area contributed by atoms with Gasteiger partial charge in [0.1, 0.15) is 40.9 Å². The summed E-state index contributed by atoms with van der Waals surface area (Å²) < 4.78 is 12.8. The number of hydrogen-bond donors (Lipinski definition) is 4. The van der Waals surface area contributed by atoms with Crippen molar-refractivity contribution in [3.8, 4) is 28.7 Å². The van der Waals surface area contributed by atoms with E-state index in [1.807, 2.05) is 31.2 Å². The standard InChI is InChI=1S/C23H22N2O6S/c1-12-4-6-13(7-5-12)16-9-14(17-3-2-8-30-17)15(10-24)23(32)25(16)22-21(29)20(28)19(27)18(11-26)31-22/h2-9,18-22,26-29H,11H2,1H3/t18-,19+,20+,21+,22-/m0/s1. The van der Waals surface area contributed by atoms with Crippen LogP contribution in [0.5, 0.6) is 0 Å². The van der Waals surface area contributed by atoms with Gasteiger partial charge in [-0.25, -0.2) is 0 Å². The molecule has 8 nitrogen and oxygen atoms in total. The molecule has 0 spiro atoms. The summed E-state index contributed by atoms with van der Waals surface area (Å²) in [7, 11) is 0. The number of nitrogens with zero attached hydrogens (tertiary/aromatic N) is 2. The summed E-state index contributed by atoms with van der Waals surface area (Å²) >= 11 is 5.64. The van der Waals surface area contributed by atoms with Crippen molar-refractivity contribution in [2.75, 3.05) is 6.61 Å². The van der Waals surface area contributed by atoms with Gasteiger partial charge in [-0.3, -0.25) is 0 Å². The lowest BCUT2D eigenvalue weighted by atomic mass is 9.96. The SMILES string of the molecule is Cc1ccc(-c2cc(-c3ccco3)c(C#N)c(=S)n2[C@H]2O[C@@H](CO)[C@@H](O)[C@@H](O)[C@H]2O)cc1. The van der Waals surface area contributed by atoms with Gasteiger partial charge in [-0.05, 0) is 30.7 Å². The molecule has 32 heavy (non-hydrogen) atoms.